The predicted molar refractivity (Wildman–Crippen MR) is 123 cm³/mol. The first-order chi connectivity index (χ1) is 18.1. The molecular weight excluding hydrogens is 542 g/mol. The van der Waals surface area contributed by atoms with Crippen molar-refractivity contribution in [1.29, 1.82) is 0 Å². The Morgan fingerprint density at radius 2 is 1.59 bits per heavy atom. The Morgan fingerprint density at radius 1 is 1.05 bits per heavy atom. The number of nitrogens with two attached hydrogens (primary N) is 1. The van der Waals surface area contributed by atoms with Gasteiger partial charge in [0.05, 0.1) is 11.2 Å². The van der Waals surface area contributed by atoms with Gasteiger partial charge in [0.25, 0.3) is 5.95 Å². The van der Waals surface area contributed by atoms with Crippen molar-refractivity contribution in [1.82, 2.24) is 24.8 Å². The fourth-order valence-electron chi connectivity index (χ4n) is 3.57. The largest absolute Gasteiger partial charge is 0.490 e. The molecule has 4 N–H and O–H groups in total. The SMILES string of the molecule is Cc1nn(-c2noc(C3CCN(CCCN)CC3)n2)c2ccccc12.O=C(O)C(F)(F)F.O=C(O)C(F)(F)F. The maximum Gasteiger partial charge on any atom is 0.490 e. The number of carboxylic acids is 2. The Kier molecular flexibility index (Phi) is 10.8. The monoisotopic (exact) mass is 568 g/mol. The summed E-state index contributed by atoms with van der Waals surface area (Å²) in [4.78, 5) is 24.9. The highest BCUT2D eigenvalue weighted by Crippen LogP contribution is 2.28. The van der Waals surface area contributed by atoms with Crippen molar-refractivity contribution in [3.8, 4) is 5.95 Å². The minimum Gasteiger partial charge on any atom is -0.475 e. The number of halogens is 6. The summed E-state index contributed by atoms with van der Waals surface area (Å²) in [6, 6.07) is 8.10. The normalized spacial score (nSPS) is 14.8. The van der Waals surface area contributed by atoms with E-state index >= 15 is 0 Å². The predicted octanol–water partition coefficient (Wildman–Crippen LogP) is 3.51. The topological polar surface area (TPSA) is 161 Å². The second-order valence-electron chi connectivity index (χ2n) is 8.31. The van der Waals surface area contributed by atoms with Crippen molar-refractivity contribution in [2.75, 3.05) is 26.2 Å². The van der Waals surface area contributed by atoms with Crippen LogP contribution in [-0.4, -0.2) is 85.5 Å². The molecule has 0 radical (unpaired) electrons. The number of rotatable bonds is 5. The highest BCUT2D eigenvalue weighted by Gasteiger charge is 2.38. The van der Waals surface area contributed by atoms with Gasteiger partial charge in [0, 0.05) is 11.3 Å². The van der Waals surface area contributed by atoms with Crippen LogP contribution in [0, 0.1) is 6.92 Å². The first-order valence-electron chi connectivity index (χ1n) is 11.5. The molecule has 1 saturated heterocycles. The molecule has 0 spiro atoms. The molecule has 0 atom stereocenters. The number of piperidine rings is 1. The standard InChI is InChI=1S/C18H24N6O.2C2HF3O2/c1-13-15-5-2-3-6-16(15)24(21-13)18-20-17(25-22-18)14-7-11-23(12-8-14)10-4-9-19;2*3-2(4,5)1(6)7/h2-3,5-6,14H,4,7-12,19H2,1H3;2*(H,6,7). The lowest BCUT2D eigenvalue weighted by Crippen LogP contribution is -2.34. The summed E-state index contributed by atoms with van der Waals surface area (Å²) < 4.78 is 70.8. The highest BCUT2D eigenvalue weighted by molar-refractivity contribution is 5.82. The Bertz CT molecular complexity index is 1210. The number of carboxylic acid groups (broad SMARTS) is 2. The van der Waals surface area contributed by atoms with Gasteiger partial charge < -0.3 is 25.4 Å². The summed E-state index contributed by atoms with van der Waals surface area (Å²) in [7, 11) is 0. The van der Waals surface area contributed by atoms with Crippen molar-refractivity contribution < 1.29 is 50.7 Å². The number of carbonyl (C=O) groups is 2. The Balaban J connectivity index is 0.000000317. The molecule has 11 nitrogen and oxygen atoms in total. The third-order valence-electron chi connectivity index (χ3n) is 5.49. The zero-order valence-electron chi connectivity index (χ0n) is 20.5. The molecule has 2 aromatic heterocycles. The van der Waals surface area contributed by atoms with Gasteiger partial charge in [-0.05, 0) is 63.6 Å². The molecule has 0 saturated carbocycles. The van der Waals surface area contributed by atoms with Crippen LogP contribution in [-0.2, 0) is 9.59 Å². The van der Waals surface area contributed by atoms with Gasteiger partial charge in [0.15, 0.2) is 0 Å². The van der Waals surface area contributed by atoms with Gasteiger partial charge in [0.2, 0.25) is 5.89 Å². The minimum atomic E-state index is -5.08. The highest BCUT2D eigenvalue weighted by atomic mass is 19.4. The van der Waals surface area contributed by atoms with Crippen LogP contribution in [0.2, 0.25) is 0 Å². The van der Waals surface area contributed by atoms with Gasteiger partial charge in [-0.15, -0.1) is 0 Å². The number of fused-ring (bicyclic) bond motifs is 1. The van der Waals surface area contributed by atoms with Crippen LogP contribution in [0.1, 0.15) is 36.8 Å². The van der Waals surface area contributed by atoms with Crippen molar-refractivity contribution >= 4 is 22.8 Å². The van der Waals surface area contributed by atoms with Crippen molar-refractivity contribution in [3.63, 3.8) is 0 Å². The number of likely N-dealkylation sites (tertiary alicyclic amines) is 1. The molecule has 0 amide bonds. The lowest BCUT2D eigenvalue weighted by atomic mass is 9.97. The van der Waals surface area contributed by atoms with E-state index in [-0.39, 0.29) is 0 Å². The lowest BCUT2D eigenvalue weighted by molar-refractivity contribution is -0.193. The fourth-order valence-corrected chi connectivity index (χ4v) is 3.57. The van der Waals surface area contributed by atoms with Crippen LogP contribution in [0.3, 0.4) is 0 Å². The van der Waals surface area contributed by atoms with Crippen LogP contribution in [0.25, 0.3) is 16.9 Å². The second kappa shape index (κ2) is 13.4. The zero-order chi connectivity index (χ0) is 29.4. The number of hydrogen-bond donors (Lipinski definition) is 3. The van der Waals surface area contributed by atoms with Crippen LogP contribution < -0.4 is 5.73 Å². The molecule has 0 bridgehead atoms. The molecule has 3 aromatic rings. The van der Waals surface area contributed by atoms with E-state index in [4.69, 9.17) is 30.1 Å². The number of aryl methyl sites for hydroxylation is 1. The summed E-state index contributed by atoms with van der Waals surface area (Å²) >= 11 is 0. The molecule has 216 valence electrons. The molecule has 0 unspecified atom stereocenters. The second-order valence-corrected chi connectivity index (χ2v) is 8.31. The number of para-hydroxylation sites is 1. The van der Waals surface area contributed by atoms with Gasteiger partial charge in [-0.25, -0.2) is 9.59 Å². The van der Waals surface area contributed by atoms with Gasteiger partial charge in [-0.3, -0.25) is 0 Å². The Morgan fingerprint density at radius 3 is 2.10 bits per heavy atom. The maximum atomic E-state index is 10.6. The molecule has 4 rings (SSSR count). The quantitative estimate of drug-likeness (QED) is 0.389. The molecule has 0 aliphatic carbocycles. The molecular formula is C22H26F6N6O5. The van der Waals surface area contributed by atoms with E-state index in [2.05, 4.69) is 26.2 Å². The third-order valence-corrected chi connectivity index (χ3v) is 5.49. The van der Waals surface area contributed by atoms with E-state index in [0.717, 1.165) is 67.9 Å². The van der Waals surface area contributed by atoms with Crippen molar-refractivity contribution in [3.05, 3.63) is 35.9 Å². The molecule has 39 heavy (non-hydrogen) atoms. The fraction of sp³-hybridized carbons (Fsp3) is 0.500. The van der Waals surface area contributed by atoms with E-state index in [0.29, 0.717) is 11.9 Å². The Hall–Kier alpha value is -3.73. The number of aliphatic carboxylic acids is 2. The van der Waals surface area contributed by atoms with E-state index in [1.807, 2.05) is 25.1 Å². The summed E-state index contributed by atoms with van der Waals surface area (Å²) in [6.07, 6.45) is -7.02. The molecule has 17 heteroatoms. The number of benzene rings is 1. The van der Waals surface area contributed by atoms with Crippen LogP contribution in [0.5, 0.6) is 0 Å². The van der Waals surface area contributed by atoms with Gasteiger partial charge >= 0.3 is 24.3 Å². The molecule has 3 heterocycles. The average Bonchev–Trinajstić information content (AvgIpc) is 3.48. The van der Waals surface area contributed by atoms with Crippen LogP contribution in [0.15, 0.2) is 28.8 Å². The number of nitrogens with zero attached hydrogens (tertiary/aromatic N) is 5. The smallest absolute Gasteiger partial charge is 0.475 e. The first kappa shape index (κ1) is 31.5. The number of hydrogen-bond acceptors (Lipinski definition) is 8. The molecule has 1 aliphatic rings. The lowest BCUT2D eigenvalue weighted by Gasteiger charge is -2.30. The van der Waals surface area contributed by atoms with Gasteiger partial charge in [-0.1, -0.05) is 18.2 Å². The third kappa shape index (κ3) is 9.20. The Labute approximate surface area is 217 Å². The molecule has 1 aromatic carbocycles. The van der Waals surface area contributed by atoms with E-state index in [9.17, 15) is 26.3 Å². The van der Waals surface area contributed by atoms with E-state index in [1.54, 1.807) is 4.68 Å². The van der Waals surface area contributed by atoms with Crippen molar-refractivity contribution in [2.24, 2.45) is 5.73 Å². The molecule has 1 aliphatic heterocycles. The van der Waals surface area contributed by atoms with Crippen LogP contribution >= 0.6 is 0 Å². The first-order valence-corrected chi connectivity index (χ1v) is 11.5. The summed E-state index contributed by atoms with van der Waals surface area (Å²) in [6.45, 7) is 5.95. The van der Waals surface area contributed by atoms with E-state index < -0.39 is 24.3 Å². The average molecular weight is 568 g/mol. The van der Waals surface area contributed by atoms with Gasteiger partial charge in [0.1, 0.15) is 0 Å². The van der Waals surface area contributed by atoms with E-state index in [1.165, 1.54) is 0 Å². The summed E-state index contributed by atoms with van der Waals surface area (Å²) in [5, 5.41) is 24.1. The summed E-state index contributed by atoms with van der Waals surface area (Å²) in [5.41, 5.74) is 7.57. The molecule has 1 fully saturated rings. The zero-order valence-corrected chi connectivity index (χ0v) is 20.5. The van der Waals surface area contributed by atoms with Gasteiger partial charge in [-0.2, -0.15) is 41.1 Å². The number of alkyl halides is 6. The number of aromatic nitrogens is 4. The van der Waals surface area contributed by atoms with Crippen LogP contribution in [0.4, 0.5) is 26.3 Å². The minimum absolute atomic E-state index is 0.332. The summed E-state index contributed by atoms with van der Waals surface area (Å²) in [5.74, 6) is -3.94. The van der Waals surface area contributed by atoms with Crippen molar-refractivity contribution in [2.45, 2.75) is 44.5 Å². The maximum absolute atomic E-state index is 10.6.